The van der Waals surface area contributed by atoms with Crippen LogP contribution < -0.4 is 4.74 Å². The number of carbonyl (C=O) groups is 1. The molecule has 0 aliphatic carbocycles. The number of nitrogens with zero attached hydrogens (tertiary/aromatic N) is 1. The Balaban J connectivity index is 1.54. The highest BCUT2D eigenvalue weighted by molar-refractivity contribution is 5.94. The van der Waals surface area contributed by atoms with Gasteiger partial charge in [0.05, 0.1) is 18.3 Å². The van der Waals surface area contributed by atoms with E-state index in [4.69, 9.17) is 4.74 Å². The lowest BCUT2D eigenvalue weighted by Gasteiger charge is -2.32. The molecule has 1 aliphatic heterocycles. The highest BCUT2D eigenvalue weighted by Crippen LogP contribution is 2.23. The standard InChI is InChI=1S/C20H19F4NO3/c21-18-6-2-1-5-17(18)19(26)25-11-3-4-16(12-25)27-13-14-7-9-15(10-8-14)28-20(22,23)24/h1-2,5-10,16H,3-4,11-13H2. The fourth-order valence-corrected chi connectivity index (χ4v) is 3.07. The van der Waals surface area contributed by atoms with E-state index in [9.17, 15) is 22.4 Å². The second-order valence-corrected chi connectivity index (χ2v) is 6.50. The Hall–Kier alpha value is -2.61. The van der Waals surface area contributed by atoms with Crippen molar-refractivity contribution in [2.75, 3.05) is 13.1 Å². The van der Waals surface area contributed by atoms with Crippen molar-refractivity contribution in [1.29, 1.82) is 0 Å². The smallest absolute Gasteiger partial charge is 0.406 e. The van der Waals surface area contributed by atoms with Crippen molar-refractivity contribution < 1.29 is 31.8 Å². The summed E-state index contributed by atoms with van der Waals surface area (Å²) in [5.74, 6) is -1.23. The van der Waals surface area contributed by atoms with Gasteiger partial charge >= 0.3 is 6.36 Å². The summed E-state index contributed by atoms with van der Waals surface area (Å²) < 4.78 is 60.0. The van der Waals surface area contributed by atoms with Gasteiger partial charge in [0.15, 0.2) is 0 Å². The van der Waals surface area contributed by atoms with E-state index in [0.29, 0.717) is 18.7 Å². The average Bonchev–Trinajstić information content (AvgIpc) is 2.66. The number of hydrogen-bond acceptors (Lipinski definition) is 3. The van der Waals surface area contributed by atoms with E-state index >= 15 is 0 Å². The third-order valence-electron chi connectivity index (χ3n) is 4.41. The summed E-state index contributed by atoms with van der Waals surface area (Å²) in [4.78, 5) is 14.1. The molecule has 0 aromatic heterocycles. The second kappa shape index (κ2) is 8.60. The summed E-state index contributed by atoms with van der Waals surface area (Å²) in [5, 5.41) is 0. The van der Waals surface area contributed by atoms with Crippen LogP contribution in [0.4, 0.5) is 17.6 Å². The molecule has 0 bridgehead atoms. The lowest BCUT2D eigenvalue weighted by atomic mass is 10.1. The molecule has 0 radical (unpaired) electrons. The number of hydrogen-bond donors (Lipinski definition) is 0. The third-order valence-corrected chi connectivity index (χ3v) is 4.41. The number of alkyl halides is 3. The van der Waals surface area contributed by atoms with Crippen molar-refractivity contribution >= 4 is 5.91 Å². The molecule has 150 valence electrons. The minimum absolute atomic E-state index is 0.0309. The van der Waals surface area contributed by atoms with Crippen LogP contribution in [0.25, 0.3) is 0 Å². The Morgan fingerprint density at radius 2 is 1.82 bits per heavy atom. The van der Waals surface area contributed by atoms with E-state index in [1.165, 1.54) is 42.5 Å². The van der Waals surface area contributed by atoms with E-state index < -0.39 is 12.2 Å². The summed E-state index contributed by atoms with van der Waals surface area (Å²) in [7, 11) is 0. The lowest BCUT2D eigenvalue weighted by Crippen LogP contribution is -2.43. The second-order valence-electron chi connectivity index (χ2n) is 6.50. The zero-order chi connectivity index (χ0) is 20.1. The zero-order valence-corrected chi connectivity index (χ0v) is 14.9. The van der Waals surface area contributed by atoms with E-state index in [1.807, 2.05) is 0 Å². The number of benzene rings is 2. The maximum Gasteiger partial charge on any atom is 0.573 e. The molecule has 1 atom stereocenters. The van der Waals surface area contributed by atoms with Gasteiger partial charge in [-0.05, 0) is 42.7 Å². The van der Waals surface area contributed by atoms with Gasteiger partial charge in [0.1, 0.15) is 11.6 Å². The summed E-state index contributed by atoms with van der Waals surface area (Å²) in [5.41, 5.74) is 0.718. The molecule has 1 amide bonds. The highest BCUT2D eigenvalue weighted by atomic mass is 19.4. The molecule has 2 aromatic rings. The lowest BCUT2D eigenvalue weighted by molar-refractivity contribution is -0.274. The van der Waals surface area contributed by atoms with Crippen molar-refractivity contribution in [3.05, 3.63) is 65.5 Å². The van der Waals surface area contributed by atoms with Crippen LogP contribution >= 0.6 is 0 Å². The first kappa shape index (κ1) is 20.1. The molecular formula is C20H19F4NO3. The van der Waals surface area contributed by atoms with Crippen LogP contribution in [0.5, 0.6) is 5.75 Å². The fraction of sp³-hybridized carbons (Fsp3) is 0.350. The van der Waals surface area contributed by atoms with E-state index in [-0.39, 0.29) is 29.9 Å². The number of likely N-dealkylation sites (tertiary alicyclic amines) is 1. The first-order valence-electron chi connectivity index (χ1n) is 8.82. The highest BCUT2D eigenvalue weighted by Gasteiger charge is 2.31. The summed E-state index contributed by atoms with van der Waals surface area (Å²) in [6, 6.07) is 11.3. The van der Waals surface area contributed by atoms with Gasteiger partial charge < -0.3 is 14.4 Å². The quantitative estimate of drug-likeness (QED) is 0.695. The molecule has 1 fully saturated rings. The van der Waals surface area contributed by atoms with Gasteiger partial charge in [-0.15, -0.1) is 13.2 Å². The third kappa shape index (κ3) is 5.45. The predicted octanol–water partition coefficient (Wildman–Crippen LogP) is 4.55. The topological polar surface area (TPSA) is 38.8 Å². The predicted molar refractivity (Wildman–Crippen MR) is 93.2 cm³/mol. The molecule has 2 aromatic carbocycles. The first-order chi connectivity index (χ1) is 13.3. The Morgan fingerprint density at radius 3 is 2.50 bits per heavy atom. The van der Waals surface area contributed by atoms with Gasteiger partial charge in [-0.2, -0.15) is 0 Å². The molecule has 1 aliphatic rings. The maximum atomic E-state index is 13.8. The van der Waals surface area contributed by atoms with Crippen LogP contribution in [0.1, 0.15) is 28.8 Å². The summed E-state index contributed by atoms with van der Waals surface area (Å²) in [6.07, 6.45) is -3.48. The number of ether oxygens (including phenoxy) is 2. The zero-order valence-electron chi connectivity index (χ0n) is 14.9. The maximum absolute atomic E-state index is 13.8. The van der Waals surface area contributed by atoms with Crippen molar-refractivity contribution in [2.24, 2.45) is 0 Å². The Kier molecular flexibility index (Phi) is 6.18. The van der Waals surface area contributed by atoms with Crippen LogP contribution in [0.2, 0.25) is 0 Å². The first-order valence-corrected chi connectivity index (χ1v) is 8.82. The Labute approximate surface area is 159 Å². The number of amides is 1. The van der Waals surface area contributed by atoms with Gasteiger partial charge in [0.25, 0.3) is 5.91 Å². The van der Waals surface area contributed by atoms with Crippen LogP contribution in [0.15, 0.2) is 48.5 Å². The molecule has 0 N–H and O–H groups in total. The van der Waals surface area contributed by atoms with Gasteiger partial charge in [-0.1, -0.05) is 24.3 Å². The minimum Gasteiger partial charge on any atom is -0.406 e. The largest absolute Gasteiger partial charge is 0.573 e. The molecule has 1 heterocycles. The van der Waals surface area contributed by atoms with Crippen molar-refractivity contribution in [3.8, 4) is 5.75 Å². The molecule has 1 unspecified atom stereocenters. The Morgan fingerprint density at radius 1 is 1.11 bits per heavy atom. The van der Waals surface area contributed by atoms with Gasteiger partial charge in [-0.3, -0.25) is 4.79 Å². The number of halogens is 4. The molecular weight excluding hydrogens is 378 g/mol. The molecule has 8 heteroatoms. The van der Waals surface area contributed by atoms with E-state index in [1.54, 1.807) is 11.0 Å². The molecule has 1 saturated heterocycles. The summed E-state index contributed by atoms with van der Waals surface area (Å²) >= 11 is 0. The number of rotatable bonds is 5. The SMILES string of the molecule is O=C(c1ccccc1F)N1CCCC(OCc2ccc(OC(F)(F)F)cc2)C1. The van der Waals surface area contributed by atoms with Crippen LogP contribution in [-0.4, -0.2) is 36.4 Å². The summed E-state index contributed by atoms with van der Waals surface area (Å²) in [6.45, 7) is 1.05. The van der Waals surface area contributed by atoms with Crippen LogP contribution in [-0.2, 0) is 11.3 Å². The Bertz CT molecular complexity index is 808. The van der Waals surface area contributed by atoms with Gasteiger partial charge in [-0.25, -0.2) is 4.39 Å². The van der Waals surface area contributed by atoms with E-state index in [2.05, 4.69) is 4.74 Å². The van der Waals surface area contributed by atoms with Crippen molar-refractivity contribution in [3.63, 3.8) is 0 Å². The molecule has 28 heavy (non-hydrogen) atoms. The number of carbonyl (C=O) groups excluding carboxylic acids is 1. The van der Waals surface area contributed by atoms with Crippen molar-refractivity contribution in [2.45, 2.75) is 31.9 Å². The minimum atomic E-state index is -4.73. The van der Waals surface area contributed by atoms with Gasteiger partial charge in [0.2, 0.25) is 0 Å². The normalized spacial score (nSPS) is 17.4. The average molecular weight is 397 g/mol. The number of piperidine rings is 1. The van der Waals surface area contributed by atoms with Gasteiger partial charge in [0, 0.05) is 13.1 Å². The molecule has 3 rings (SSSR count). The molecule has 0 spiro atoms. The van der Waals surface area contributed by atoms with Crippen LogP contribution in [0, 0.1) is 5.82 Å². The fourth-order valence-electron chi connectivity index (χ4n) is 3.07. The molecule has 0 saturated carbocycles. The monoisotopic (exact) mass is 397 g/mol. The van der Waals surface area contributed by atoms with E-state index in [0.717, 1.165) is 12.8 Å². The molecule has 4 nitrogen and oxygen atoms in total. The van der Waals surface area contributed by atoms with Crippen LogP contribution in [0.3, 0.4) is 0 Å². The van der Waals surface area contributed by atoms with Crippen molar-refractivity contribution in [1.82, 2.24) is 4.90 Å².